The molecule has 6 nitrogen and oxygen atoms in total. The fourth-order valence-corrected chi connectivity index (χ4v) is 2.98. The van der Waals surface area contributed by atoms with Crippen molar-refractivity contribution < 1.29 is 18.1 Å². The number of rotatable bonds is 10. The molecule has 22 heavy (non-hydrogen) atoms. The van der Waals surface area contributed by atoms with E-state index in [0.29, 0.717) is 6.61 Å². The summed E-state index contributed by atoms with van der Waals surface area (Å²) in [4.78, 5) is 9.66. The van der Waals surface area contributed by atoms with Crippen molar-refractivity contribution in [3.05, 3.63) is 28.3 Å². The highest BCUT2D eigenvalue weighted by molar-refractivity contribution is 8.13. The van der Waals surface area contributed by atoms with Crippen molar-refractivity contribution in [2.45, 2.75) is 50.3 Å². The predicted octanol–water partition coefficient (Wildman–Crippen LogP) is 4.26. The quantitative estimate of drug-likeness (QED) is 0.272. The molecule has 0 heterocycles. The van der Waals surface area contributed by atoms with Crippen molar-refractivity contribution in [1.29, 1.82) is 0 Å². The lowest BCUT2D eigenvalue weighted by Gasteiger charge is -2.09. The number of hydrogen-bond acceptors (Lipinski definition) is 5. The molecule has 0 saturated carbocycles. The smallest absolute Gasteiger partial charge is 0.271 e. The summed E-state index contributed by atoms with van der Waals surface area (Å²) >= 11 is 0. The molecular weight excluding hydrogens is 330 g/mol. The third kappa shape index (κ3) is 6.19. The monoisotopic (exact) mass is 349 g/mol. The Morgan fingerprint density at radius 3 is 2.41 bits per heavy atom. The van der Waals surface area contributed by atoms with Gasteiger partial charge in [-0.1, -0.05) is 39.0 Å². The largest absolute Gasteiger partial charge is 0.492 e. The van der Waals surface area contributed by atoms with Crippen LogP contribution >= 0.6 is 10.7 Å². The number of unbranched alkanes of at least 4 members (excludes halogenated alkanes) is 5. The molecule has 0 fully saturated rings. The van der Waals surface area contributed by atoms with Gasteiger partial charge in [-0.05, 0) is 12.5 Å². The van der Waals surface area contributed by atoms with E-state index in [1.54, 1.807) is 0 Å². The molecule has 0 amide bonds. The minimum Gasteiger partial charge on any atom is -0.492 e. The average Bonchev–Trinajstić information content (AvgIpc) is 2.45. The predicted molar refractivity (Wildman–Crippen MR) is 85.0 cm³/mol. The topological polar surface area (TPSA) is 86.5 Å². The lowest BCUT2D eigenvalue weighted by molar-refractivity contribution is -0.385. The number of nitro groups is 1. The third-order valence-corrected chi connectivity index (χ3v) is 4.50. The number of ether oxygens (including phenoxy) is 1. The first-order valence-electron chi connectivity index (χ1n) is 7.22. The molecule has 0 radical (unpaired) electrons. The normalized spacial score (nSPS) is 11.4. The minimum absolute atomic E-state index is 0.0501. The van der Waals surface area contributed by atoms with Crippen LogP contribution in [-0.2, 0) is 9.05 Å². The second-order valence-electron chi connectivity index (χ2n) is 4.94. The number of non-ortho nitro benzene ring substituents is 1. The van der Waals surface area contributed by atoms with Crippen LogP contribution in [-0.4, -0.2) is 19.9 Å². The van der Waals surface area contributed by atoms with E-state index in [9.17, 15) is 18.5 Å². The Morgan fingerprint density at radius 1 is 1.18 bits per heavy atom. The Kier molecular flexibility index (Phi) is 7.61. The standard InChI is InChI=1S/C14H20ClNO5S/c1-2-3-4-5-6-7-10-21-13-9-8-12(16(17)18)11-14(13)22(15,19)20/h8-9,11H,2-7,10H2,1H3. The molecule has 0 saturated heterocycles. The highest BCUT2D eigenvalue weighted by Gasteiger charge is 2.21. The van der Waals surface area contributed by atoms with Crippen LogP contribution in [0.15, 0.2) is 23.1 Å². The molecule has 0 spiro atoms. The van der Waals surface area contributed by atoms with Crippen LogP contribution in [0.4, 0.5) is 5.69 Å². The average molecular weight is 350 g/mol. The number of nitro benzene ring substituents is 1. The van der Waals surface area contributed by atoms with Crippen LogP contribution in [0.2, 0.25) is 0 Å². The Bertz CT molecular complexity index is 603. The van der Waals surface area contributed by atoms with Gasteiger partial charge in [0.1, 0.15) is 10.6 Å². The highest BCUT2D eigenvalue weighted by Crippen LogP contribution is 2.31. The molecule has 1 aromatic carbocycles. The molecule has 1 rings (SSSR count). The van der Waals surface area contributed by atoms with Crippen LogP contribution in [0.1, 0.15) is 45.4 Å². The van der Waals surface area contributed by atoms with Gasteiger partial charge in [0.15, 0.2) is 0 Å². The van der Waals surface area contributed by atoms with E-state index >= 15 is 0 Å². The molecule has 0 N–H and O–H groups in total. The van der Waals surface area contributed by atoms with Crippen molar-refractivity contribution >= 4 is 25.4 Å². The fraction of sp³-hybridized carbons (Fsp3) is 0.571. The Hall–Kier alpha value is -1.34. The number of halogens is 1. The SMILES string of the molecule is CCCCCCCCOc1ccc([N+](=O)[O-])cc1S(=O)(=O)Cl. The van der Waals surface area contributed by atoms with Gasteiger partial charge in [0.25, 0.3) is 14.7 Å². The molecule has 0 aliphatic heterocycles. The van der Waals surface area contributed by atoms with Crippen LogP contribution in [0, 0.1) is 10.1 Å². The van der Waals surface area contributed by atoms with Gasteiger partial charge < -0.3 is 4.74 Å². The summed E-state index contributed by atoms with van der Waals surface area (Å²) in [5.41, 5.74) is -0.342. The van der Waals surface area contributed by atoms with E-state index in [1.807, 2.05) is 0 Å². The van der Waals surface area contributed by atoms with E-state index < -0.39 is 14.0 Å². The second kappa shape index (κ2) is 8.95. The van der Waals surface area contributed by atoms with Crippen molar-refractivity contribution in [2.75, 3.05) is 6.61 Å². The van der Waals surface area contributed by atoms with Crippen molar-refractivity contribution in [3.8, 4) is 5.75 Å². The summed E-state index contributed by atoms with van der Waals surface area (Å²) in [6.45, 7) is 2.50. The lowest BCUT2D eigenvalue weighted by atomic mass is 10.1. The molecule has 0 aliphatic carbocycles. The number of nitrogens with zero attached hydrogens (tertiary/aromatic N) is 1. The van der Waals surface area contributed by atoms with Crippen LogP contribution in [0.5, 0.6) is 5.75 Å². The molecule has 0 aromatic heterocycles. The molecular formula is C14H20ClNO5S. The summed E-state index contributed by atoms with van der Waals surface area (Å²) in [5.74, 6) is 0.0501. The van der Waals surface area contributed by atoms with Gasteiger partial charge in [-0.25, -0.2) is 8.42 Å². The summed E-state index contributed by atoms with van der Waals surface area (Å²) in [7, 11) is 1.21. The Labute approximate surface area is 135 Å². The molecule has 0 atom stereocenters. The third-order valence-electron chi connectivity index (χ3n) is 3.16. The lowest BCUT2D eigenvalue weighted by Crippen LogP contribution is -2.03. The second-order valence-corrected chi connectivity index (χ2v) is 7.48. The highest BCUT2D eigenvalue weighted by atomic mass is 35.7. The van der Waals surface area contributed by atoms with E-state index in [4.69, 9.17) is 15.4 Å². The van der Waals surface area contributed by atoms with Gasteiger partial charge in [-0.15, -0.1) is 0 Å². The van der Waals surface area contributed by atoms with Crippen LogP contribution in [0.25, 0.3) is 0 Å². The maximum atomic E-state index is 11.5. The first-order chi connectivity index (χ1) is 10.4. The van der Waals surface area contributed by atoms with Gasteiger partial charge in [-0.3, -0.25) is 10.1 Å². The molecule has 124 valence electrons. The Morgan fingerprint density at radius 2 is 1.82 bits per heavy atom. The van der Waals surface area contributed by atoms with Crippen LogP contribution in [0.3, 0.4) is 0 Å². The first kappa shape index (κ1) is 18.7. The van der Waals surface area contributed by atoms with Crippen LogP contribution < -0.4 is 4.74 Å². The molecule has 0 bridgehead atoms. The van der Waals surface area contributed by atoms with Gasteiger partial charge in [0.05, 0.1) is 11.5 Å². The van der Waals surface area contributed by atoms with E-state index in [2.05, 4.69) is 6.92 Å². The van der Waals surface area contributed by atoms with Gasteiger partial charge in [-0.2, -0.15) is 0 Å². The summed E-state index contributed by atoms with van der Waals surface area (Å²) < 4.78 is 28.4. The van der Waals surface area contributed by atoms with Crippen molar-refractivity contribution in [3.63, 3.8) is 0 Å². The van der Waals surface area contributed by atoms with Gasteiger partial charge in [0, 0.05) is 22.8 Å². The maximum Gasteiger partial charge on any atom is 0.271 e. The maximum absolute atomic E-state index is 11.5. The molecule has 0 unspecified atom stereocenters. The fourth-order valence-electron chi connectivity index (χ4n) is 1.98. The minimum atomic E-state index is -4.10. The molecule has 8 heteroatoms. The zero-order valence-electron chi connectivity index (χ0n) is 12.5. The van der Waals surface area contributed by atoms with E-state index in [0.717, 1.165) is 25.3 Å². The van der Waals surface area contributed by atoms with Gasteiger partial charge in [0.2, 0.25) is 0 Å². The zero-order chi connectivity index (χ0) is 16.6. The van der Waals surface area contributed by atoms with Crippen molar-refractivity contribution in [2.24, 2.45) is 0 Å². The molecule has 0 aliphatic rings. The summed E-state index contributed by atoms with van der Waals surface area (Å²) in [5, 5.41) is 10.7. The Balaban J connectivity index is 2.64. The summed E-state index contributed by atoms with van der Waals surface area (Å²) in [6, 6.07) is 3.38. The zero-order valence-corrected chi connectivity index (χ0v) is 14.0. The first-order valence-corrected chi connectivity index (χ1v) is 9.53. The van der Waals surface area contributed by atoms with E-state index in [-0.39, 0.29) is 16.3 Å². The number of benzene rings is 1. The van der Waals surface area contributed by atoms with E-state index in [1.165, 1.54) is 31.4 Å². The summed E-state index contributed by atoms with van der Waals surface area (Å²) in [6.07, 6.45) is 6.46. The molecule has 1 aromatic rings. The number of hydrogen-bond donors (Lipinski definition) is 0. The van der Waals surface area contributed by atoms with Gasteiger partial charge >= 0.3 is 0 Å². The van der Waals surface area contributed by atoms with Crippen molar-refractivity contribution in [1.82, 2.24) is 0 Å².